The van der Waals surface area contributed by atoms with Crippen LogP contribution < -0.4 is 5.32 Å². The highest BCUT2D eigenvalue weighted by atomic mass is 15.3. The predicted molar refractivity (Wildman–Crippen MR) is 82.1 cm³/mol. The zero-order valence-corrected chi connectivity index (χ0v) is 13.4. The van der Waals surface area contributed by atoms with E-state index < -0.39 is 0 Å². The van der Waals surface area contributed by atoms with E-state index in [4.69, 9.17) is 0 Å². The Morgan fingerprint density at radius 1 is 1.32 bits per heavy atom. The van der Waals surface area contributed by atoms with Crippen LogP contribution in [0.15, 0.2) is 12.3 Å². The molecule has 0 saturated carbocycles. The number of aromatic nitrogens is 2. The molecule has 0 aliphatic rings. The quantitative estimate of drug-likeness (QED) is 0.770. The zero-order chi connectivity index (χ0) is 14.3. The summed E-state index contributed by atoms with van der Waals surface area (Å²) in [5.74, 6) is 0.758. The van der Waals surface area contributed by atoms with Crippen molar-refractivity contribution >= 4 is 0 Å². The minimum Gasteiger partial charge on any atom is -0.306 e. The Kier molecular flexibility index (Phi) is 6.56. The van der Waals surface area contributed by atoms with Gasteiger partial charge in [0.05, 0.1) is 5.69 Å². The van der Waals surface area contributed by atoms with Gasteiger partial charge in [0.2, 0.25) is 0 Å². The SMILES string of the molecule is CCCCC(CC)Cn1nccc1CNC(C)(C)C. The van der Waals surface area contributed by atoms with Crippen LogP contribution in [-0.4, -0.2) is 15.3 Å². The maximum atomic E-state index is 4.49. The first-order chi connectivity index (χ1) is 8.96. The molecule has 110 valence electrons. The number of nitrogens with zero attached hydrogens (tertiary/aromatic N) is 2. The van der Waals surface area contributed by atoms with Gasteiger partial charge in [-0.15, -0.1) is 0 Å². The lowest BCUT2D eigenvalue weighted by molar-refractivity contribution is 0.355. The lowest BCUT2D eigenvalue weighted by Crippen LogP contribution is -2.35. The van der Waals surface area contributed by atoms with E-state index in [0.29, 0.717) is 0 Å². The first-order valence-corrected chi connectivity index (χ1v) is 7.72. The molecular formula is C16H31N3. The maximum Gasteiger partial charge on any atom is 0.0522 e. The molecule has 1 heterocycles. The summed E-state index contributed by atoms with van der Waals surface area (Å²) in [5, 5.41) is 8.03. The van der Waals surface area contributed by atoms with Crippen LogP contribution in [0, 0.1) is 5.92 Å². The molecular weight excluding hydrogens is 234 g/mol. The molecule has 19 heavy (non-hydrogen) atoms. The molecule has 0 spiro atoms. The van der Waals surface area contributed by atoms with Crippen molar-refractivity contribution in [2.75, 3.05) is 0 Å². The fourth-order valence-corrected chi connectivity index (χ4v) is 2.19. The number of unbranched alkanes of at least 4 members (excludes halogenated alkanes) is 1. The molecule has 0 fully saturated rings. The summed E-state index contributed by atoms with van der Waals surface area (Å²) >= 11 is 0. The van der Waals surface area contributed by atoms with E-state index in [0.717, 1.165) is 19.0 Å². The molecule has 0 aliphatic heterocycles. The molecule has 1 atom stereocenters. The van der Waals surface area contributed by atoms with Crippen LogP contribution in [0.4, 0.5) is 0 Å². The Balaban J connectivity index is 2.56. The highest BCUT2D eigenvalue weighted by Crippen LogP contribution is 2.16. The van der Waals surface area contributed by atoms with Crippen molar-refractivity contribution in [1.29, 1.82) is 0 Å². The molecule has 1 unspecified atom stereocenters. The van der Waals surface area contributed by atoms with Crippen LogP contribution in [0.2, 0.25) is 0 Å². The zero-order valence-electron chi connectivity index (χ0n) is 13.4. The molecule has 0 radical (unpaired) electrons. The van der Waals surface area contributed by atoms with Gasteiger partial charge in [-0.25, -0.2) is 0 Å². The van der Waals surface area contributed by atoms with Crippen LogP contribution >= 0.6 is 0 Å². The van der Waals surface area contributed by atoms with E-state index in [1.807, 2.05) is 6.20 Å². The molecule has 0 bridgehead atoms. The second-order valence-electron chi connectivity index (χ2n) is 6.52. The summed E-state index contributed by atoms with van der Waals surface area (Å²) in [7, 11) is 0. The molecule has 1 aromatic heterocycles. The average molecular weight is 265 g/mol. The van der Waals surface area contributed by atoms with Gasteiger partial charge in [0.1, 0.15) is 0 Å². The summed E-state index contributed by atoms with van der Waals surface area (Å²) in [6.07, 6.45) is 7.10. The first-order valence-electron chi connectivity index (χ1n) is 7.72. The van der Waals surface area contributed by atoms with Crippen molar-refractivity contribution < 1.29 is 0 Å². The lowest BCUT2D eigenvalue weighted by atomic mass is 9.99. The van der Waals surface area contributed by atoms with E-state index >= 15 is 0 Å². The van der Waals surface area contributed by atoms with Gasteiger partial charge in [0.15, 0.2) is 0 Å². The fraction of sp³-hybridized carbons (Fsp3) is 0.812. The topological polar surface area (TPSA) is 29.9 Å². The first kappa shape index (κ1) is 16.2. The van der Waals surface area contributed by atoms with E-state index in [2.05, 4.69) is 55.8 Å². The van der Waals surface area contributed by atoms with Gasteiger partial charge in [0, 0.05) is 24.8 Å². The fourth-order valence-electron chi connectivity index (χ4n) is 2.19. The molecule has 0 aliphatic carbocycles. The minimum absolute atomic E-state index is 0.154. The molecule has 1 N–H and O–H groups in total. The van der Waals surface area contributed by atoms with Gasteiger partial charge in [-0.2, -0.15) is 5.10 Å². The Morgan fingerprint density at radius 2 is 2.05 bits per heavy atom. The predicted octanol–water partition coefficient (Wildman–Crippen LogP) is 3.99. The van der Waals surface area contributed by atoms with Gasteiger partial charge in [-0.1, -0.05) is 33.1 Å². The normalized spacial score (nSPS) is 13.7. The lowest BCUT2D eigenvalue weighted by Gasteiger charge is -2.22. The van der Waals surface area contributed by atoms with E-state index in [-0.39, 0.29) is 5.54 Å². The summed E-state index contributed by atoms with van der Waals surface area (Å²) < 4.78 is 2.18. The van der Waals surface area contributed by atoms with Crippen LogP contribution in [0.25, 0.3) is 0 Å². The smallest absolute Gasteiger partial charge is 0.0522 e. The summed E-state index contributed by atoms with van der Waals surface area (Å²) in [5.41, 5.74) is 1.45. The third-order valence-corrected chi connectivity index (χ3v) is 3.58. The van der Waals surface area contributed by atoms with Crippen molar-refractivity contribution in [1.82, 2.24) is 15.1 Å². The van der Waals surface area contributed by atoms with Crippen LogP contribution in [0.1, 0.15) is 66.0 Å². The number of hydrogen-bond donors (Lipinski definition) is 1. The second-order valence-corrected chi connectivity index (χ2v) is 6.52. The second kappa shape index (κ2) is 7.68. The number of rotatable bonds is 8. The van der Waals surface area contributed by atoms with Gasteiger partial charge in [-0.3, -0.25) is 4.68 Å². The van der Waals surface area contributed by atoms with Gasteiger partial charge in [-0.05, 0) is 39.2 Å². The van der Waals surface area contributed by atoms with Crippen molar-refractivity contribution in [3.63, 3.8) is 0 Å². The van der Waals surface area contributed by atoms with E-state index in [1.165, 1.54) is 31.4 Å². The Labute approximate surface area is 118 Å². The maximum absolute atomic E-state index is 4.49. The van der Waals surface area contributed by atoms with Crippen LogP contribution in [0.5, 0.6) is 0 Å². The molecule has 0 amide bonds. The molecule has 1 aromatic rings. The van der Waals surface area contributed by atoms with Gasteiger partial charge >= 0.3 is 0 Å². The number of hydrogen-bond acceptors (Lipinski definition) is 2. The molecule has 0 saturated heterocycles. The van der Waals surface area contributed by atoms with Crippen molar-refractivity contribution in [3.8, 4) is 0 Å². The number of nitrogens with one attached hydrogen (secondary N) is 1. The molecule has 0 aromatic carbocycles. The van der Waals surface area contributed by atoms with E-state index in [1.54, 1.807) is 0 Å². The molecule has 1 rings (SSSR count). The standard InChI is InChI=1S/C16H31N3/c1-6-8-9-14(7-2)13-19-15(10-11-18-19)12-17-16(3,4)5/h10-11,14,17H,6-9,12-13H2,1-5H3. The van der Waals surface area contributed by atoms with Crippen molar-refractivity contribution in [2.45, 2.75) is 78.9 Å². The third kappa shape index (κ3) is 6.24. The van der Waals surface area contributed by atoms with Gasteiger partial charge < -0.3 is 5.32 Å². The Hall–Kier alpha value is -0.830. The van der Waals surface area contributed by atoms with Crippen molar-refractivity contribution in [2.24, 2.45) is 5.92 Å². The largest absolute Gasteiger partial charge is 0.306 e. The summed E-state index contributed by atoms with van der Waals surface area (Å²) in [4.78, 5) is 0. The molecule has 3 heteroatoms. The Bertz CT molecular complexity index is 349. The summed E-state index contributed by atoms with van der Waals surface area (Å²) in [6.45, 7) is 13.1. The van der Waals surface area contributed by atoms with Crippen LogP contribution in [0.3, 0.4) is 0 Å². The Morgan fingerprint density at radius 3 is 2.63 bits per heavy atom. The highest BCUT2D eigenvalue weighted by Gasteiger charge is 2.13. The third-order valence-electron chi connectivity index (χ3n) is 3.58. The molecule has 3 nitrogen and oxygen atoms in total. The van der Waals surface area contributed by atoms with E-state index in [9.17, 15) is 0 Å². The average Bonchev–Trinajstić information content (AvgIpc) is 2.78. The monoisotopic (exact) mass is 265 g/mol. The minimum atomic E-state index is 0.154. The highest BCUT2D eigenvalue weighted by molar-refractivity contribution is 5.01. The van der Waals surface area contributed by atoms with Crippen molar-refractivity contribution in [3.05, 3.63) is 18.0 Å². The van der Waals surface area contributed by atoms with Crippen LogP contribution in [-0.2, 0) is 13.1 Å². The van der Waals surface area contributed by atoms with Gasteiger partial charge in [0.25, 0.3) is 0 Å². The summed E-state index contributed by atoms with van der Waals surface area (Å²) in [6, 6.07) is 2.13.